The summed E-state index contributed by atoms with van der Waals surface area (Å²) < 4.78 is 35.2. The Morgan fingerprint density at radius 2 is 2.08 bits per heavy atom. The Morgan fingerprint density at radius 1 is 1.54 bits per heavy atom. The van der Waals surface area contributed by atoms with Gasteiger partial charge in [-0.15, -0.1) is 0 Å². The van der Waals surface area contributed by atoms with Crippen LogP contribution in [0, 0.1) is 17.2 Å². The molecule has 0 aliphatic rings. The Hall–Kier alpha value is -1.25. The van der Waals surface area contributed by atoms with Gasteiger partial charge in [0.05, 0.1) is 18.4 Å². The molecule has 1 N–H and O–H groups in total. The van der Waals surface area contributed by atoms with Crippen molar-refractivity contribution in [2.75, 3.05) is 0 Å². The highest BCUT2D eigenvalue weighted by atomic mass is 19.4. The van der Waals surface area contributed by atoms with E-state index < -0.39 is 24.5 Å². The van der Waals surface area contributed by atoms with Crippen molar-refractivity contribution in [3.05, 3.63) is 0 Å². The molecule has 0 amide bonds. The van der Waals surface area contributed by atoms with Crippen LogP contribution < -0.4 is 0 Å². The van der Waals surface area contributed by atoms with Gasteiger partial charge in [-0.05, 0) is 6.42 Å². The molecule has 0 aliphatic heterocycles. The molecule has 0 rings (SSSR count). The molecule has 0 radical (unpaired) electrons. The molecule has 0 saturated heterocycles. The zero-order chi connectivity index (χ0) is 10.5. The maximum Gasteiger partial charge on any atom is 0.389 e. The van der Waals surface area contributed by atoms with Crippen LogP contribution in [-0.4, -0.2) is 17.3 Å². The van der Waals surface area contributed by atoms with E-state index in [1.807, 2.05) is 0 Å². The summed E-state index contributed by atoms with van der Waals surface area (Å²) >= 11 is 0. The number of hydrogen-bond donors (Lipinski definition) is 1. The highest BCUT2D eigenvalue weighted by Gasteiger charge is 2.34. The second-order valence-electron chi connectivity index (χ2n) is 2.55. The van der Waals surface area contributed by atoms with E-state index in [0.29, 0.717) is 0 Å². The Bertz CT molecular complexity index is 219. The van der Waals surface area contributed by atoms with Crippen LogP contribution in [0.25, 0.3) is 0 Å². The van der Waals surface area contributed by atoms with Gasteiger partial charge in [-0.3, -0.25) is 4.79 Å². The largest absolute Gasteiger partial charge is 0.481 e. The van der Waals surface area contributed by atoms with Gasteiger partial charge in [-0.2, -0.15) is 18.4 Å². The van der Waals surface area contributed by atoms with E-state index in [-0.39, 0.29) is 12.8 Å². The summed E-state index contributed by atoms with van der Waals surface area (Å²) in [5, 5.41) is 16.4. The monoisotopic (exact) mass is 195 g/mol. The summed E-state index contributed by atoms with van der Waals surface area (Å²) in [4.78, 5) is 10.3. The third-order valence-electron chi connectivity index (χ3n) is 1.43. The summed E-state index contributed by atoms with van der Waals surface area (Å²) in [6, 6.07) is 1.61. The Kier molecular flexibility index (Phi) is 4.25. The zero-order valence-corrected chi connectivity index (χ0v) is 6.64. The van der Waals surface area contributed by atoms with E-state index >= 15 is 0 Å². The van der Waals surface area contributed by atoms with Gasteiger partial charge in [-0.25, -0.2) is 0 Å². The van der Waals surface area contributed by atoms with Gasteiger partial charge in [0.2, 0.25) is 0 Å². The number of alkyl halides is 3. The first kappa shape index (κ1) is 11.8. The van der Waals surface area contributed by atoms with Gasteiger partial charge < -0.3 is 5.11 Å². The number of carboxylic acid groups (broad SMARTS) is 1. The van der Waals surface area contributed by atoms with Crippen molar-refractivity contribution in [2.45, 2.75) is 25.4 Å². The van der Waals surface area contributed by atoms with Crippen LogP contribution in [0.5, 0.6) is 0 Å². The van der Waals surface area contributed by atoms with Gasteiger partial charge >= 0.3 is 12.1 Å². The average Bonchev–Trinajstić information content (AvgIpc) is 1.95. The molecule has 0 aromatic rings. The summed E-state index contributed by atoms with van der Waals surface area (Å²) in [5.74, 6) is -3.01. The molecule has 0 saturated carbocycles. The second kappa shape index (κ2) is 4.70. The molecule has 13 heavy (non-hydrogen) atoms. The second-order valence-corrected chi connectivity index (χ2v) is 2.55. The van der Waals surface area contributed by atoms with Crippen LogP contribution in [0.4, 0.5) is 13.2 Å². The number of nitrogens with zero attached hydrogens (tertiary/aromatic N) is 1. The van der Waals surface area contributed by atoms with E-state index in [1.54, 1.807) is 6.07 Å². The van der Waals surface area contributed by atoms with Crippen molar-refractivity contribution in [3.8, 4) is 6.07 Å². The van der Waals surface area contributed by atoms with Crippen molar-refractivity contribution in [2.24, 2.45) is 5.92 Å². The minimum Gasteiger partial charge on any atom is -0.481 e. The lowest BCUT2D eigenvalue weighted by Crippen LogP contribution is -2.22. The summed E-state index contributed by atoms with van der Waals surface area (Å²) in [5.41, 5.74) is 0. The Balaban J connectivity index is 4.12. The predicted molar refractivity (Wildman–Crippen MR) is 36.6 cm³/mol. The zero-order valence-electron chi connectivity index (χ0n) is 6.64. The molecular weight excluding hydrogens is 187 g/mol. The van der Waals surface area contributed by atoms with E-state index in [0.717, 1.165) is 0 Å². The molecular formula is C7H8F3NO2. The molecule has 1 atom stereocenters. The maximum absolute atomic E-state index is 11.7. The predicted octanol–water partition coefficient (Wildman–Crippen LogP) is 1.94. The molecule has 0 spiro atoms. The molecule has 0 aliphatic carbocycles. The molecule has 0 fully saturated rings. The van der Waals surface area contributed by atoms with E-state index in [2.05, 4.69) is 0 Å². The minimum absolute atomic E-state index is 0.174. The number of hydrogen-bond acceptors (Lipinski definition) is 2. The Morgan fingerprint density at radius 3 is 2.38 bits per heavy atom. The minimum atomic E-state index is -4.49. The number of carboxylic acids is 1. The third-order valence-corrected chi connectivity index (χ3v) is 1.43. The maximum atomic E-state index is 11.7. The van der Waals surface area contributed by atoms with Gasteiger partial charge in [-0.1, -0.05) is 0 Å². The number of halogens is 3. The quantitative estimate of drug-likeness (QED) is 0.745. The number of nitriles is 1. The fraction of sp³-hybridized carbons (Fsp3) is 0.714. The number of carbonyl (C=O) groups is 1. The third kappa shape index (κ3) is 5.96. The van der Waals surface area contributed by atoms with Crippen LogP contribution in [0.2, 0.25) is 0 Å². The first-order valence-corrected chi connectivity index (χ1v) is 3.53. The fourth-order valence-electron chi connectivity index (χ4n) is 0.831. The molecule has 6 heteroatoms. The van der Waals surface area contributed by atoms with E-state index in [9.17, 15) is 18.0 Å². The van der Waals surface area contributed by atoms with Gasteiger partial charge in [0.1, 0.15) is 0 Å². The smallest absolute Gasteiger partial charge is 0.389 e. The molecule has 3 nitrogen and oxygen atoms in total. The summed E-state index contributed by atoms with van der Waals surface area (Å²) in [6.07, 6.45) is -6.29. The molecule has 74 valence electrons. The van der Waals surface area contributed by atoms with Gasteiger partial charge in [0, 0.05) is 6.42 Å². The van der Waals surface area contributed by atoms with Crippen molar-refractivity contribution in [1.82, 2.24) is 0 Å². The molecule has 0 bridgehead atoms. The summed E-state index contributed by atoms with van der Waals surface area (Å²) in [7, 11) is 0. The Labute approximate surface area is 72.8 Å². The highest BCUT2D eigenvalue weighted by Crippen LogP contribution is 2.27. The standard InChI is InChI=1S/C7H8F3NO2/c8-7(9,10)4-5(6(12)13)2-1-3-11/h5H,1-2,4H2,(H,12,13)/t5-/m0/s1. The van der Waals surface area contributed by atoms with E-state index in [4.69, 9.17) is 10.4 Å². The fourth-order valence-corrected chi connectivity index (χ4v) is 0.831. The molecule has 0 aromatic heterocycles. The highest BCUT2D eigenvalue weighted by molar-refractivity contribution is 5.70. The molecule has 0 aromatic carbocycles. The van der Waals surface area contributed by atoms with Crippen LogP contribution in [0.1, 0.15) is 19.3 Å². The SMILES string of the molecule is N#CCC[C@@H](CC(F)(F)F)C(=O)O. The topological polar surface area (TPSA) is 61.1 Å². The van der Waals surface area contributed by atoms with Gasteiger partial charge in [0.25, 0.3) is 0 Å². The van der Waals surface area contributed by atoms with Crippen molar-refractivity contribution in [3.63, 3.8) is 0 Å². The lowest BCUT2D eigenvalue weighted by molar-refractivity contribution is -0.164. The van der Waals surface area contributed by atoms with Crippen LogP contribution in [-0.2, 0) is 4.79 Å². The van der Waals surface area contributed by atoms with Crippen molar-refractivity contribution in [1.29, 1.82) is 5.26 Å². The number of rotatable bonds is 4. The average molecular weight is 195 g/mol. The number of aliphatic carboxylic acids is 1. The first-order chi connectivity index (χ1) is 5.87. The van der Waals surface area contributed by atoms with Crippen LogP contribution in [0.3, 0.4) is 0 Å². The van der Waals surface area contributed by atoms with E-state index in [1.165, 1.54) is 0 Å². The normalized spacial score (nSPS) is 13.4. The van der Waals surface area contributed by atoms with Crippen molar-refractivity contribution < 1.29 is 23.1 Å². The lowest BCUT2D eigenvalue weighted by atomic mass is 10.00. The van der Waals surface area contributed by atoms with Crippen LogP contribution >= 0.6 is 0 Å². The first-order valence-electron chi connectivity index (χ1n) is 3.53. The van der Waals surface area contributed by atoms with Crippen molar-refractivity contribution >= 4 is 5.97 Å². The summed E-state index contributed by atoms with van der Waals surface area (Å²) in [6.45, 7) is 0. The molecule has 0 heterocycles. The molecule has 0 unspecified atom stereocenters. The lowest BCUT2D eigenvalue weighted by Gasteiger charge is -2.12. The van der Waals surface area contributed by atoms with Gasteiger partial charge in [0.15, 0.2) is 0 Å². The van der Waals surface area contributed by atoms with Crippen LogP contribution in [0.15, 0.2) is 0 Å².